The van der Waals surface area contributed by atoms with Crippen LogP contribution in [0.4, 0.5) is 0 Å². The van der Waals surface area contributed by atoms with Crippen molar-refractivity contribution in [1.82, 2.24) is 10.3 Å². The third-order valence-corrected chi connectivity index (χ3v) is 5.65. The zero-order chi connectivity index (χ0) is 13.8. The number of rotatable bonds is 6. The second-order valence-corrected chi connectivity index (χ2v) is 7.81. The van der Waals surface area contributed by atoms with E-state index in [1.165, 1.54) is 15.4 Å². The molecule has 0 unspecified atom stereocenters. The van der Waals surface area contributed by atoms with Crippen molar-refractivity contribution in [1.29, 1.82) is 0 Å². The molecule has 0 bridgehead atoms. The molecule has 104 valence electrons. The van der Waals surface area contributed by atoms with Gasteiger partial charge in [-0.05, 0) is 40.9 Å². The van der Waals surface area contributed by atoms with E-state index in [0.29, 0.717) is 5.92 Å². The molecule has 0 radical (unpaired) electrons. The number of thiophene rings is 1. The predicted octanol–water partition coefficient (Wildman–Crippen LogP) is 4.94. The third kappa shape index (κ3) is 4.12. The minimum Gasteiger partial charge on any atom is -0.312 e. The molecule has 1 N–H and O–H groups in total. The lowest BCUT2D eigenvalue weighted by molar-refractivity contribution is 0.628. The quantitative estimate of drug-likeness (QED) is 0.790. The van der Waals surface area contributed by atoms with Gasteiger partial charge in [-0.3, -0.25) is 0 Å². The maximum Gasteiger partial charge on any atom is 0.133 e. The molecule has 2 rings (SSSR count). The lowest BCUT2D eigenvalue weighted by Gasteiger charge is -2.04. The molecule has 0 amide bonds. The van der Waals surface area contributed by atoms with Crippen LogP contribution in [-0.4, -0.2) is 11.5 Å². The number of hydrogen-bond donors (Lipinski definition) is 1. The molecular weight excluding hydrogens is 340 g/mol. The van der Waals surface area contributed by atoms with Crippen LogP contribution in [0.25, 0.3) is 9.88 Å². The molecule has 19 heavy (non-hydrogen) atoms. The van der Waals surface area contributed by atoms with E-state index in [1.54, 1.807) is 11.3 Å². The van der Waals surface area contributed by atoms with E-state index in [4.69, 9.17) is 4.98 Å². The average Bonchev–Trinajstić information content (AvgIpc) is 2.93. The van der Waals surface area contributed by atoms with Crippen molar-refractivity contribution in [2.24, 2.45) is 5.92 Å². The van der Waals surface area contributed by atoms with Crippen LogP contribution < -0.4 is 5.32 Å². The van der Waals surface area contributed by atoms with Gasteiger partial charge < -0.3 is 5.32 Å². The van der Waals surface area contributed by atoms with Crippen LogP contribution >= 0.6 is 38.6 Å². The lowest BCUT2D eigenvalue weighted by Crippen LogP contribution is -2.12. The summed E-state index contributed by atoms with van der Waals surface area (Å²) in [6.45, 7) is 8.57. The van der Waals surface area contributed by atoms with Crippen molar-refractivity contribution in [3.05, 3.63) is 26.5 Å². The molecule has 2 nitrogen and oxygen atoms in total. The third-order valence-electron chi connectivity index (χ3n) is 2.69. The Balaban J connectivity index is 2.27. The fraction of sp³-hybridized carbons (Fsp3) is 0.500. The highest BCUT2D eigenvalue weighted by Gasteiger charge is 2.14. The first-order chi connectivity index (χ1) is 9.10. The molecule has 0 saturated heterocycles. The lowest BCUT2D eigenvalue weighted by atomic mass is 10.1. The molecule has 2 aromatic heterocycles. The van der Waals surface area contributed by atoms with E-state index >= 15 is 0 Å². The molecule has 0 aliphatic carbocycles. The molecule has 2 heterocycles. The highest BCUT2D eigenvalue weighted by molar-refractivity contribution is 9.10. The van der Waals surface area contributed by atoms with E-state index in [1.807, 2.05) is 11.3 Å². The van der Waals surface area contributed by atoms with Crippen LogP contribution in [0.3, 0.4) is 0 Å². The van der Waals surface area contributed by atoms with Gasteiger partial charge in [-0.15, -0.1) is 22.7 Å². The molecule has 0 saturated carbocycles. The van der Waals surface area contributed by atoms with Crippen molar-refractivity contribution in [2.75, 3.05) is 6.54 Å². The van der Waals surface area contributed by atoms with Gasteiger partial charge in [-0.1, -0.05) is 20.8 Å². The number of aromatic nitrogens is 1. The van der Waals surface area contributed by atoms with Gasteiger partial charge in [0, 0.05) is 21.3 Å². The number of thiazole rings is 1. The molecule has 0 aliphatic heterocycles. The van der Waals surface area contributed by atoms with Gasteiger partial charge >= 0.3 is 0 Å². The second-order valence-electron chi connectivity index (χ2n) is 4.90. The second kappa shape index (κ2) is 6.97. The maximum absolute atomic E-state index is 4.85. The molecule has 0 fully saturated rings. The summed E-state index contributed by atoms with van der Waals surface area (Å²) in [6, 6.07) is 2.15. The fourth-order valence-corrected chi connectivity index (χ4v) is 4.39. The molecular formula is C14H19BrN2S2. The summed E-state index contributed by atoms with van der Waals surface area (Å²) in [7, 11) is 0. The van der Waals surface area contributed by atoms with Crippen LogP contribution in [0.5, 0.6) is 0 Å². The minimum absolute atomic E-state index is 0.644. The van der Waals surface area contributed by atoms with Gasteiger partial charge in [0.15, 0.2) is 0 Å². The van der Waals surface area contributed by atoms with E-state index < -0.39 is 0 Å². The Morgan fingerprint density at radius 3 is 2.79 bits per heavy atom. The van der Waals surface area contributed by atoms with Crippen LogP contribution in [-0.2, 0) is 13.0 Å². The first-order valence-electron chi connectivity index (χ1n) is 6.53. The molecule has 5 heteroatoms. The van der Waals surface area contributed by atoms with Crippen molar-refractivity contribution in [2.45, 2.75) is 33.7 Å². The highest BCUT2D eigenvalue weighted by Crippen LogP contribution is 2.34. The Bertz CT molecular complexity index is 531. The number of halogens is 1. The standard InChI is InChI=1S/C14H19BrN2S2/c1-4-16-7-13-11(5-9(2)3)17-14(19-13)12-6-10(15)8-18-12/h6,8-9,16H,4-5,7H2,1-3H3. The van der Waals surface area contributed by atoms with E-state index in [9.17, 15) is 0 Å². The van der Waals surface area contributed by atoms with E-state index in [0.717, 1.165) is 29.0 Å². The van der Waals surface area contributed by atoms with Crippen molar-refractivity contribution < 1.29 is 0 Å². The smallest absolute Gasteiger partial charge is 0.133 e. The number of nitrogens with one attached hydrogen (secondary N) is 1. The topological polar surface area (TPSA) is 24.9 Å². The molecule has 0 atom stereocenters. The van der Waals surface area contributed by atoms with Gasteiger partial charge in [0.2, 0.25) is 0 Å². The molecule has 0 aromatic carbocycles. The first kappa shape index (κ1) is 15.2. The highest BCUT2D eigenvalue weighted by atomic mass is 79.9. The molecule has 0 spiro atoms. The van der Waals surface area contributed by atoms with Crippen molar-refractivity contribution in [3.63, 3.8) is 0 Å². The largest absolute Gasteiger partial charge is 0.312 e. The number of nitrogens with zero attached hydrogens (tertiary/aromatic N) is 1. The monoisotopic (exact) mass is 358 g/mol. The Kier molecular flexibility index (Phi) is 5.57. The summed E-state index contributed by atoms with van der Waals surface area (Å²) in [6.07, 6.45) is 1.06. The Labute approximate surface area is 131 Å². The summed E-state index contributed by atoms with van der Waals surface area (Å²) < 4.78 is 1.14. The first-order valence-corrected chi connectivity index (χ1v) is 9.02. The van der Waals surface area contributed by atoms with Gasteiger partial charge in [-0.2, -0.15) is 0 Å². The molecule has 0 aliphatic rings. The fourth-order valence-electron chi connectivity index (χ4n) is 1.84. The zero-order valence-electron chi connectivity index (χ0n) is 11.5. The Hall–Kier alpha value is -0.230. The Morgan fingerprint density at radius 1 is 1.42 bits per heavy atom. The van der Waals surface area contributed by atoms with E-state index in [2.05, 4.69) is 53.5 Å². The SMILES string of the molecule is CCNCc1sc(-c2cc(Br)cs2)nc1CC(C)C. The maximum atomic E-state index is 4.85. The average molecular weight is 359 g/mol. The van der Waals surface area contributed by atoms with Gasteiger partial charge in [0.25, 0.3) is 0 Å². The van der Waals surface area contributed by atoms with Crippen molar-refractivity contribution >= 4 is 38.6 Å². The van der Waals surface area contributed by atoms with Gasteiger partial charge in [0.1, 0.15) is 5.01 Å². The summed E-state index contributed by atoms with van der Waals surface area (Å²) in [5, 5.41) is 6.68. The van der Waals surface area contributed by atoms with Crippen molar-refractivity contribution in [3.8, 4) is 9.88 Å². The summed E-state index contributed by atoms with van der Waals surface area (Å²) >= 11 is 7.08. The minimum atomic E-state index is 0.644. The zero-order valence-corrected chi connectivity index (χ0v) is 14.7. The predicted molar refractivity (Wildman–Crippen MR) is 89.0 cm³/mol. The van der Waals surface area contributed by atoms with Crippen LogP contribution in [0.1, 0.15) is 31.3 Å². The van der Waals surface area contributed by atoms with E-state index in [-0.39, 0.29) is 0 Å². The molecule has 2 aromatic rings. The van der Waals surface area contributed by atoms with Crippen LogP contribution in [0.2, 0.25) is 0 Å². The summed E-state index contributed by atoms with van der Waals surface area (Å²) in [5.41, 5.74) is 1.26. The van der Waals surface area contributed by atoms with Crippen LogP contribution in [0, 0.1) is 5.92 Å². The summed E-state index contributed by atoms with van der Waals surface area (Å²) in [5.74, 6) is 0.644. The Morgan fingerprint density at radius 2 is 2.21 bits per heavy atom. The number of hydrogen-bond acceptors (Lipinski definition) is 4. The summed E-state index contributed by atoms with van der Waals surface area (Å²) in [4.78, 5) is 7.49. The normalized spacial score (nSPS) is 11.4. The van der Waals surface area contributed by atoms with Gasteiger partial charge in [0.05, 0.1) is 10.6 Å². The van der Waals surface area contributed by atoms with Gasteiger partial charge in [-0.25, -0.2) is 4.98 Å². The van der Waals surface area contributed by atoms with Crippen LogP contribution in [0.15, 0.2) is 15.9 Å².